The van der Waals surface area contributed by atoms with Crippen LogP contribution in [0.25, 0.3) is 10.8 Å². The molecule has 0 fully saturated rings. The number of benzene rings is 3. The summed E-state index contributed by atoms with van der Waals surface area (Å²) in [5, 5.41) is 12.9. The van der Waals surface area contributed by atoms with E-state index < -0.39 is 53.7 Å². The van der Waals surface area contributed by atoms with Crippen molar-refractivity contribution in [1.82, 2.24) is 21.3 Å². The number of fused-ring (bicyclic) bond motifs is 1. The van der Waals surface area contributed by atoms with E-state index >= 15 is 0 Å². The molecule has 4 atom stereocenters. The molecule has 14 nitrogen and oxygen atoms in total. The van der Waals surface area contributed by atoms with Crippen LogP contribution in [0.5, 0.6) is 0 Å². The Kier molecular flexibility index (Phi) is 16.6. The molecule has 0 spiro atoms. The van der Waals surface area contributed by atoms with Crippen LogP contribution in [-0.4, -0.2) is 72.8 Å². The third-order valence-electron chi connectivity index (χ3n) is 8.12. The first-order valence-corrected chi connectivity index (χ1v) is 17.9. The normalized spacial score (nSPS) is 13.2. The summed E-state index contributed by atoms with van der Waals surface area (Å²) in [6, 6.07) is 16.7. The highest BCUT2D eigenvalue weighted by molar-refractivity contribution is 14.1. The molecule has 0 unspecified atom stereocenters. The van der Waals surface area contributed by atoms with Gasteiger partial charge in [0, 0.05) is 29.9 Å². The maximum absolute atomic E-state index is 14.0. The van der Waals surface area contributed by atoms with Crippen LogP contribution in [0.3, 0.4) is 0 Å². The number of primary amides is 1. The minimum Gasteiger partial charge on any atom is -0.370 e. The predicted octanol–water partition coefficient (Wildman–Crippen LogP) is 0.857. The number of nitrogens with one attached hydrogen (secondary N) is 4. The fourth-order valence-electron chi connectivity index (χ4n) is 5.49. The highest BCUT2D eigenvalue weighted by atomic mass is 127. The number of carbonyl (C=O) groups is 5. The first kappa shape index (κ1) is 40.7. The van der Waals surface area contributed by atoms with Gasteiger partial charge in [0.15, 0.2) is 5.96 Å². The van der Waals surface area contributed by atoms with Gasteiger partial charge in [0.1, 0.15) is 24.2 Å². The Bertz CT molecular complexity index is 1680. The van der Waals surface area contributed by atoms with E-state index in [1.807, 2.05) is 66.7 Å². The van der Waals surface area contributed by atoms with E-state index in [1.165, 1.54) is 6.92 Å². The molecule has 3 aromatic carbocycles. The number of rotatable bonds is 20. The summed E-state index contributed by atoms with van der Waals surface area (Å²) < 4.78 is 1.01. The van der Waals surface area contributed by atoms with E-state index in [0.29, 0.717) is 25.8 Å². The number of hydrogen-bond donors (Lipinski definition) is 8. The van der Waals surface area contributed by atoms with E-state index in [-0.39, 0.29) is 38.2 Å². The first-order valence-electron chi connectivity index (χ1n) is 16.8. The Balaban J connectivity index is 1.90. The summed E-state index contributed by atoms with van der Waals surface area (Å²) >= 11 is 2.17. The molecular formula is C36H48IN9O5. The van der Waals surface area contributed by atoms with Gasteiger partial charge in [-0.1, -0.05) is 54.6 Å². The molecule has 0 heterocycles. The summed E-state index contributed by atoms with van der Waals surface area (Å²) in [6.45, 7) is 1.91. The summed E-state index contributed by atoms with van der Waals surface area (Å²) in [5.74, 6) is -3.10. The van der Waals surface area contributed by atoms with Crippen LogP contribution in [-0.2, 0) is 36.8 Å². The second kappa shape index (κ2) is 20.8. The van der Waals surface area contributed by atoms with Crippen LogP contribution in [0.2, 0.25) is 0 Å². The Labute approximate surface area is 311 Å². The molecule has 12 N–H and O–H groups in total. The number of aliphatic imine (C=N–C) groups is 1. The largest absolute Gasteiger partial charge is 0.370 e. The molecular weight excluding hydrogens is 765 g/mol. The highest BCUT2D eigenvalue weighted by Gasteiger charge is 2.31. The van der Waals surface area contributed by atoms with E-state index in [9.17, 15) is 24.0 Å². The Hall–Kier alpha value is -4.77. The monoisotopic (exact) mass is 813 g/mol. The predicted molar refractivity (Wildman–Crippen MR) is 206 cm³/mol. The zero-order chi connectivity index (χ0) is 37.3. The molecule has 51 heavy (non-hydrogen) atoms. The smallest absolute Gasteiger partial charge is 0.243 e. The van der Waals surface area contributed by atoms with Gasteiger partial charge in [-0.05, 0) is 95.3 Å². The van der Waals surface area contributed by atoms with Crippen molar-refractivity contribution in [3.63, 3.8) is 0 Å². The molecule has 0 saturated carbocycles. The highest BCUT2D eigenvalue weighted by Crippen LogP contribution is 2.17. The molecule has 0 aromatic heterocycles. The Morgan fingerprint density at radius 1 is 0.667 bits per heavy atom. The number of unbranched alkanes of at least 4 members (excludes halogenated alkanes) is 1. The molecule has 0 aliphatic rings. The third-order valence-corrected chi connectivity index (χ3v) is 8.84. The van der Waals surface area contributed by atoms with Gasteiger partial charge in [-0.2, -0.15) is 0 Å². The maximum atomic E-state index is 14.0. The van der Waals surface area contributed by atoms with Crippen molar-refractivity contribution >= 4 is 68.9 Å². The number of carbonyl (C=O) groups excluding carboxylic acids is 5. The summed E-state index contributed by atoms with van der Waals surface area (Å²) in [6.07, 6.45) is 2.16. The van der Waals surface area contributed by atoms with Gasteiger partial charge in [-0.15, -0.1) is 0 Å². The van der Waals surface area contributed by atoms with Gasteiger partial charge in [0.05, 0.1) is 0 Å². The van der Waals surface area contributed by atoms with Crippen molar-refractivity contribution in [2.45, 2.75) is 76.0 Å². The van der Waals surface area contributed by atoms with E-state index in [1.54, 1.807) is 0 Å². The Morgan fingerprint density at radius 3 is 1.84 bits per heavy atom. The topological polar surface area (TPSA) is 250 Å². The van der Waals surface area contributed by atoms with Crippen molar-refractivity contribution in [3.8, 4) is 0 Å². The zero-order valence-electron chi connectivity index (χ0n) is 28.7. The number of hydrogen-bond acceptors (Lipinski definition) is 7. The van der Waals surface area contributed by atoms with Crippen LogP contribution in [0.1, 0.15) is 50.2 Å². The Morgan fingerprint density at radius 2 is 1.22 bits per heavy atom. The molecule has 0 aliphatic heterocycles. The zero-order valence-corrected chi connectivity index (χ0v) is 30.9. The van der Waals surface area contributed by atoms with Crippen molar-refractivity contribution in [2.75, 3.05) is 13.1 Å². The SMILES string of the molecule is CC(=O)N[C@H](Cc1ccc(I)cc1)C(=O)N[C@@H](CCCN=C(N)N)C(=O)N[C@H](Cc1ccc2ccccc2c1)C(=O)N[C@H](CCCCN)C(N)=O. The number of nitrogens with zero attached hydrogens (tertiary/aromatic N) is 1. The molecule has 0 saturated heterocycles. The van der Waals surface area contributed by atoms with E-state index in [4.69, 9.17) is 22.9 Å². The molecule has 0 radical (unpaired) electrons. The van der Waals surface area contributed by atoms with Crippen LogP contribution in [0.15, 0.2) is 71.7 Å². The fraction of sp³-hybridized carbons (Fsp3) is 0.389. The second-order valence-electron chi connectivity index (χ2n) is 12.3. The molecule has 0 aliphatic carbocycles. The lowest BCUT2D eigenvalue weighted by atomic mass is 9.99. The molecule has 5 amide bonds. The van der Waals surface area contributed by atoms with Gasteiger partial charge in [0.2, 0.25) is 29.5 Å². The lowest BCUT2D eigenvalue weighted by molar-refractivity contribution is -0.134. The van der Waals surface area contributed by atoms with Crippen LogP contribution < -0.4 is 44.2 Å². The molecule has 3 aromatic rings. The quantitative estimate of drug-likeness (QED) is 0.0351. The number of halogens is 1. The molecule has 3 rings (SSSR count). The minimum absolute atomic E-state index is 0.0761. The van der Waals surface area contributed by atoms with Crippen LogP contribution in [0, 0.1) is 3.57 Å². The van der Waals surface area contributed by atoms with Crippen molar-refractivity contribution in [2.24, 2.45) is 27.9 Å². The fourth-order valence-corrected chi connectivity index (χ4v) is 5.85. The van der Waals surface area contributed by atoms with Crippen LogP contribution in [0.4, 0.5) is 0 Å². The molecule has 15 heteroatoms. The first-order chi connectivity index (χ1) is 24.4. The van der Waals surface area contributed by atoms with Gasteiger partial charge in [-0.25, -0.2) is 0 Å². The van der Waals surface area contributed by atoms with Crippen molar-refractivity contribution < 1.29 is 24.0 Å². The number of nitrogens with two attached hydrogens (primary N) is 4. The van der Waals surface area contributed by atoms with Crippen molar-refractivity contribution in [1.29, 1.82) is 0 Å². The lowest BCUT2D eigenvalue weighted by Gasteiger charge is -2.26. The number of guanidine groups is 1. The van der Waals surface area contributed by atoms with Gasteiger partial charge >= 0.3 is 0 Å². The molecule has 274 valence electrons. The minimum atomic E-state index is -1.15. The van der Waals surface area contributed by atoms with Crippen molar-refractivity contribution in [3.05, 3.63) is 81.4 Å². The van der Waals surface area contributed by atoms with Gasteiger partial charge in [-0.3, -0.25) is 29.0 Å². The van der Waals surface area contributed by atoms with E-state index in [2.05, 4.69) is 48.9 Å². The summed E-state index contributed by atoms with van der Waals surface area (Å²) in [4.78, 5) is 69.8. The van der Waals surface area contributed by atoms with Crippen LogP contribution >= 0.6 is 22.6 Å². The average molecular weight is 814 g/mol. The molecule has 0 bridgehead atoms. The van der Waals surface area contributed by atoms with Gasteiger partial charge < -0.3 is 44.2 Å². The standard InChI is InChI=1S/C36H48IN9O5/c1-22(47)43-30(20-23-12-15-27(37)16-13-23)34(50)45-29(10-6-18-42-36(40)41)33(49)46-31(35(51)44-28(32(39)48)9-4-5-17-38)21-24-11-14-25-7-2-3-8-26(25)19-24/h2-3,7-8,11-16,19,28-31H,4-6,9-10,17-18,20-21,38H2,1H3,(H2,39,48)(H,43,47)(H,44,51)(H,45,50)(H,46,49)(H4,40,41,42)/t28-,29+,30-,31-/m1/s1. The average Bonchev–Trinajstić information content (AvgIpc) is 3.08. The maximum Gasteiger partial charge on any atom is 0.243 e. The summed E-state index contributed by atoms with van der Waals surface area (Å²) in [7, 11) is 0. The van der Waals surface area contributed by atoms with E-state index in [0.717, 1.165) is 25.5 Å². The summed E-state index contributed by atoms with van der Waals surface area (Å²) in [5.41, 5.74) is 23.7. The number of amides is 5. The second-order valence-corrected chi connectivity index (χ2v) is 13.5. The lowest BCUT2D eigenvalue weighted by Crippen LogP contribution is -2.58. The van der Waals surface area contributed by atoms with Gasteiger partial charge in [0.25, 0.3) is 0 Å². The third kappa shape index (κ3) is 14.2.